The molecule has 2 aliphatic rings. The zero-order valence-electron chi connectivity index (χ0n) is 11.9. The van der Waals surface area contributed by atoms with Gasteiger partial charge in [0.1, 0.15) is 0 Å². The van der Waals surface area contributed by atoms with Crippen LogP contribution in [-0.4, -0.2) is 35.7 Å². The molecule has 0 spiro atoms. The lowest BCUT2D eigenvalue weighted by atomic mass is 9.77. The lowest BCUT2D eigenvalue weighted by molar-refractivity contribution is 0.0646. The Hall–Kier alpha value is -0.860. The molecule has 0 saturated carbocycles. The number of nitrogens with zero attached hydrogens (tertiary/aromatic N) is 1. The fourth-order valence-corrected chi connectivity index (χ4v) is 3.80. The van der Waals surface area contributed by atoms with E-state index in [1.807, 2.05) is 0 Å². The van der Waals surface area contributed by atoms with E-state index in [1.165, 1.54) is 36.9 Å². The number of rotatable bonds is 2. The van der Waals surface area contributed by atoms with Crippen molar-refractivity contribution in [2.24, 2.45) is 5.92 Å². The Morgan fingerprint density at radius 1 is 1.16 bits per heavy atom. The molecule has 2 heteroatoms. The molecule has 3 rings (SSSR count). The third-order valence-corrected chi connectivity index (χ3v) is 5.07. The van der Waals surface area contributed by atoms with Crippen LogP contribution < -0.4 is 0 Å². The summed E-state index contributed by atoms with van der Waals surface area (Å²) in [5, 5.41) is 10.4. The summed E-state index contributed by atoms with van der Waals surface area (Å²) in [5.74, 6) is 0.445. The van der Waals surface area contributed by atoms with Gasteiger partial charge in [-0.15, -0.1) is 0 Å². The van der Waals surface area contributed by atoms with Crippen LogP contribution >= 0.6 is 0 Å². The van der Waals surface area contributed by atoms with Crippen molar-refractivity contribution in [1.82, 2.24) is 4.90 Å². The first-order valence-corrected chi connectivity index (χ1v) is 7.69. The van der Waals surface area contributed by atoms with Gasteiger partial charge in [0.25, 0.3) is 0 Å². The molecule has 1 aliphatic heterocycles. The van der Waals surface area contributed by atoms with E-state index >= 15 is 0 Å². The predicted molar refractivity (Wildman–Crippen MR) is 78.2 cm³/mol. The molecule has 0 bridgehead atoms. The first kappa shape index (κ1) is 13.1. The molecule has 1 aromatic rings. The molecule has 1 unspecified atom stereocenters. The van der Waals surface area contributed by atoms with Crippen LogP contribution in [0, 0.1) is 5.92 Å². The van der Waals surface area contributed by atoms with Crippen LogP contribution in [0.3, 0.4) is 0 Å². The van der Waals surface area contributed by atoms with Crippen LogP contribution in [0.15, 0.2) is 24.3 Å². The SMILES string of the molecule is CN1CCCCC1C[C@@H]1Cc2ccccc2C[C@H]1O. The standard InChI is InChI=1S/C17H25NO/c1-18-9-5-4-8-16(18)11-15-10-13-6-2-3-7-14(13)12-17(15)19/h2-3,6-7,15-17,19H,4-5,8-12H2,1H3/t15-,16?,17+/m0/s1. The summed E-state index contributed by atoms with van der Waals surface area (Å²) in [6, 6.07) is 9.29. The highest BCUT2D eigenvalue weighted by atomic mass is 16.3. The molecule has 1 aromatic carbocycles. The maximum Gasteiger partial charge on any atom is 0.0612 e. The third kappa shape index (κ3) is 2.85. The number of piperidine rings is 1. The van der Waals surface area contributed by atoms with Gasteiger partial charge in [-0.25, -0.2) is 0 Å². The van der Waals surface area contributed by atoms with Gasteiger partial charge >= 0.3 is 0 Å². The minimum Gasteiger partial charge on any atom is -0.392 e. The largest absolute Gasteiger partial charge is 0.392 e. The van der Waals surface area contributed by atoms with E-state index in [1.54, 1.807) is 0 Å². The van der Waals surface area contributed by atoms with E-state index in [-0.39, 0.29) is 6.10 Å². The quantitative estimate of drug-likeness (QED) is 0.882. The molecular formula is C17H25NO. The van der Waals surface area contributed by atoms with Crippen molar-refractivity contribution in [2.45, 2.75) is 50.7 Å². The number of aliphatic hydroxyl groups excluding tert-OH is 1. The summed E-state index contributed by atoms with van der Waals surface area (Å²) in [6.45, 7) is 1.23. The van der Waals surface area contributed by atoms with Gasteiger partial charge in [-0.2, -0.15) is 0 Å². The van der Waals surface area contributed by atoms with Gasteiger partial charge in [0, 0.05) is 6.04 Å². The van der Waals surface area contributed by atoms with Crippen molar-refractivity contribution in [1.29, 1.82) is 0 Å². The van der Waals surface area contributed by atoms with Gasteiger partial charge in [0.05, 0.1) is 6.10 Å². The number of aliphatic hydroxyl groups is 1. The van der Waals surface area contributed by atoms with Gasteiger partial charge < -0.3 is 10.0 Å². The van der Waals surface area contributed by atoms with E-state index < -0.39 is 0 Å². The zero-order chi connectivity index (χ0) is 13.2. The van der Waals surface area contributed by atoms with Crippen molar-refractivity contribution < 1.29 is 5.11 Å². The van der Waals surface area contributed by atoms with E-state index in [9.17, 15) is 5.11 Å². The molecule has 104 valence electrons. The third-order valence-electron chi connectivity index (χ3n) is 5.07. The maximum atomic E-state index is 10.4. The number of likely N-dealkylation sites (tertiary alicyclic amines) is 1. The monoisotopic (exact) mass is 259 g/mol. The van der Waals surface area contributed by atoms with Crippen LogP contribution in [0.4, 0.5) is 0 Å². The van der Waals surface area contributed by atoms with E-state index in [0.717, 1.165) is 19.3 Å². The summed E-state index contributed by atoms with van der Waals surface area (Å²) in [4.78, 5) is 2.50. The molecule has 0 radical (unpaired) electrons. The highest BCUT2D eigenvalue weighted by Crippen LogP contribution is 2.31. The van der Waals surface area contributed by atoms with Gasteiger partial charge in [-0.3, -0.25) is 0 Å². The summed E-state index contributed by atoms with van der Waals surface area (Å²) >= 11 is 0. The zero-order valence-corrected chi connectivity index (χ0v) is 11.9. The fourth-order valence-electron chi connectivity index (χ4n) is 3.80. The lowest BCUT2D eigenvalue weighted by Gasteiger charge is -2.38. The summed E-state index contributed by atoms with van der Waals surface area (Å²) in [7, 11) is 2.24. The van der Waals surface area contributed by atoms with Gasteiger partial charge in [0.2, 0.25) is 0 Å². The molecule has 3 atom stereocenters. The first-order chi connectivity index (χ1) is 9.24. The predicted octanol–water partition coefficient (Wildman–Crippen LogP) is 2.64. The Kier molecular flexibility index (Phi) is 3.90. The average molecular weight is 259 g/mol. The normalized spacial score (nSPS) is 32.0. The Bertz CT molecular complexity index is 431. The van der Waals surface area contributed by atoms with E-state index in [4.69, 9.17) is 0 Å². The molecule has 1 N–H and O–H groups in total. The van der Waals surface area contributed by atoms with Crippen LogP contribution in [0.1, 0.15) is 36.8 Å². The first-order valence-electron chi connectivity index (χ1n) is 7.69. The van der Waals surface area contributed by atoms with Crippen molar-refractivity contribution in [3.63, 3.8) is 0 Å². The Morgan fingerprint density at radius 3 is 2.63 bits per heavy atom. The summed E-state index contributed by atoms with van der Waals surface area (Å²) < 4.78 is 0. The van der Waals surface area contributed by atoms with Crippen molar-refractivity contribution in [3.8, 4) is 0 Å². The Labute approximate surface area is 116 Å². The lowest BCUT2D eigenvalue weighted by Crippen LogP contribution is -2.41. The van der Waals surface area contributed by atoms with E-state index in [0.29, 0.717) is 12.0 Å². The summed E-state index contributed by atoms with van der Waals surface area (Å²) in [6.07, 6.45) is 6.91. The van der Waals surface area contributed by atoms with E-state index in [2.05, 4.69) is 36.2 Å². The van der Waals surface area contributed by atoms with Crippen molar-refractivity contribution in [2.75, 3.05) is 13.6 Å². The molecular weight excluding hydrogens is 234 g/mol. The molecule has 0 amide bonds. The Morgan fingerprint density at radius 2 is 1.89 bits per heavy atom. The topological polar surface area (TPSA) is 23.5 Å². The smallest absolute Gasteiger partial charge is 0.0612 e. The minimum absolute atomic E-state index is 0.148. The molecule has 1 heterocycles. The van der Waals surface area contributed by atoms with Gasteiger partial charge in [-0.1, -0.05) is 30.7 Å². The average Bonchev–Trinajstić information content (AvgIpc) is 2.42. The number of hydrogen-bond acceptors (Lipinski definition) is 2. The molecule has 19 heavy (non-hydrogen) atoms. The number of hydrogen-bond donors (Lipinski definition) is 1. The molecule has 0 aromatic heterocycles. The minimum atomic E-state index is -0.148. The second-order valence-electron chi connectivity index (χ2n) is 6.37. The molecule has 1 aliphatic carbocycles. The number of fused-ring (bicyclic) bond motifs is 1. The van der Waals surface area contributed by atoms with Crippen molar-refractivity contribution >= 4 is 0 Å². The molecule has 1 saturated heterocycles. The highest BCUT2D eigenvalue weighted by Gasteiger charge is 2.30. The number of benzene rings is 1. The molecule has 2 nitrogen and oxygen atoms in total. The van der Waals surface area contributed by atoms with Gasteiger partial charge in [-0.05, 0) is 62.7 Å². The van der Waals surface area contributed by atoms with Gasteiger partial charge in [0.15, 0.2) is 0 Å². The van der Waals surface area contributed by atoms with Crippen LogP contribution in [0.5, 0.6) is 0 Å². The summed E-state index contributed by atoms with van der Waals surface area (Å²) in [5.41, 5.74) is 2.81. The molecule has 1 fully saturated rings. The highest BCUT2D eigenvalue weighted by molar-refractivity contribution is 5.30. The maximum absolute atomic E-state index is 10.4. The van der Waals surface area contributed by atoms with Crippen molar-refractivity contribution in [3.05, 3.63) is 35.4 Å². The second kappa shape index (κ2) is 5.64. The fraction of sp³-hybridized carbons (Fsp3) is 0.647. The van der Waals surface area contributed by atoms with Crippen LogP contribution in [0.25, 0.3) is 0 Å². The van der Waals surface area contributed by atoms with Crippen LogP contribution in [0.2, 0.25) is 0 Å². The Balaban J connectivity index is 1.68. The second-order valence-corrected chi connectivity index (χ2v) is 6.37. The van der Waals surface area contributed by atoms with Crippen LogP contribution in [-0.2, 0) is 12.8 Å².